The van der Waals surface area contributed by atoms with Gasteiger partial charge in [0.25, 0.3) is 0 Å². The van der Waals surface area contributed by atoms with Crippen molar-refractivity contribution in [2.75, 3.05) is 7.05 Å². The lowest BCUT2D eigenvalue weighted by Gasteiger charge is -2.34. The Bertz CT molecular complexity index is 416. The lowest BCUT2D eigenvalue weighted by molar-refractivity contribution is 0.229. The van der Waals surface area contributed by atoms with E-state index in [2.05, 4.69) is 48.4 Å². The first-order chi connectivity index (χ1) is 8.84. The molecule has 1 nitrogen and oxygen atoms in total. The van der Waals surface area contributed by atoms with Crippen molar-refractivity contribution in [3.63, 3.8) is 0 Å². The molecule has 18 heavy (non-hydrogen) atoms. The predicted octanol–water partition coefficient (Wildman–Crippen LogP) is 4.11. The summed E-state index contributed by atoms with van der Waals surface area (Å²) in [5.41, 5.74) is 3.02. The summed E-state index contributed by atoms with van der Waals surface area (Å²) in [5.74, 6) is 0. The van der Waals surface area contributed by atoms with Gasteiger partial charge in [0.2, 0.25) is 0 Å². The molecule has 1 unspecified atom stereocenters. The van der Waals surface area contributed by atoms with E-state index in [-0.39, 0.29) is 0 Å². The van der Waals surface area contributed by atoms with E-state index in [1.165, 1.54) is 44.1 Å². The lowest BCUT2D eigenvalue weighted by Crippen LogP contribution is -2.36. The molecular formula is C17H23N. The molecule has 1 heteroatoms. The Balaban J connectivity index is 1.80. The van der Waals surface area contributed by atoms with Gasteiger partial charge < -0.3 is 0 Å². The van der Waals surface area contributed by atoms with E-state index in [0.717, 1.165) is 6.04 Å². The molecule has 96 valence electrons. The smallest absolute Gasteiger partial charge is 0.0310 e. The van der Waals surface area contributed by atoms with Gasteiger partial charge in [-0.05, 0) is 44.7 Å². The van der Waals surface area contributed by atoms with Gasteiger partial charge in [0, 0.05) is 12.1 Å². The lowest BCUT2D eigenvalue weighted by atomic mass is 9.87. The van der Waals surface area contributed by atoms with Crippen LogP contribution in [0.2, 0.25) is 0 Å². The minimum Gasteiger partial charge on any atom is -0.297 e. The van der Waals surface area contributed by atoms with Gasteiger partial charge in [-0.3, -0.25) is 4.90 Å². The molecule has 1 aromatic carbocycles. The Morgan fingerprint density at radius 1 is 1.06 bits per heavy atom. The second-order valence-corrected chi connectivity index (χ2v) is 5.79. The average Bonchev–Trinajstić information content (AvgIpc) is 3.24. The maximum atomic E-state index is 2.63. The molecular weight excluding hydrogens is 218 g/mol. The molecule has 2 aliphatic carbocycles. The molecule has 0 heterocycles. The van der Waals surface area contributed by atoms with E-state index in [0.29, 0.717) is 6.04 Å². The summed E-state index contributed by atoms with van der Waals surface area (Å²) in [6, 6.07) is 12.4. The predicted molar refractivity (Wildman–Crippen MR) is 77.5 cm³/mol. The normalized spacial score (nSPS) is 26.8. The van der Waals surface area contributed by atoms with Crippen LogP contribution in [0.1, 0.15) is 44.1 Å². The van der Waals surface area contributed by atoms with E-state index < -0.39 is 0 Å². The molecule has 3 rings (SSSR count). The third-order valence-electron chi connectivity index (χ3n) is 4.39. The largest absolute Gasteiger partial charge is 0.297 e. The van der Waals surface area contributed by atoms with Crippen LogP contribution in [0.3, 0.4) is 0 Å². The van der Waals surface area contributed by atoms with Crippen molar-refractivity contribution in [2.45, 2.75) is 50.6 Å². The summed E-state index contributed by atoms with van der Waals surface area (Å²) < 4.78 is 0. The van der Waals surface area contributed by atoms with Crippen molar-refractivity contribution in [1.82, 2.24) is 4.90 Å². The zero-order chi connectivity index (χ0) is 12.4. The number of nitrogens with zero attached hydrogens (tertiary/aromatic N) is 1. The van der Waals surface area contributed by atoms with Crippen molar-refractivity contribution in [3.05, 3.63) is 41.5 Å². The first-order valence-electron chi connectivity index (χ1n) is 7.32. The van der Waals surface area contributed by atoms with Gasteiger partial charge in [0.05, 0.1) is 0 Å². The van der Waals surface area contributed by atoms with E-state index in [4.69, 9.17) is 0 Å². The average molecular weight is 241 g/mol. The Morgan fingerprint density at radius 2 is 1.83 bits per heavy atom. The van der Waals surface area contributed by atoms with Gasteiger partial charge >= 0.3 is 0 Å². The minimum atomic E-state index is 0.700. The third-order valence-corrected chi connectivity index (χ3v) is 4.39. The molecule has 1 aromatic rings. The first-order valence-corrected chi connectivity index (χ1v) is 7.32. The summed E-state index contributed by atoms with van der Waals surface area (Å²) in [6.45, 7) is 0. The van der Waals surface area contributed by atoms with Gasteiger partial charge in [0.15, 0.2) is 0 Å². The molecule has 2 aliphatic rings. The number of benzene rings is 1. The first kappa shape index (κ1) is 12.0. The molecule has 0 saturated heterocycles. The van der Waals surface area contributed by atoms with Crippen molar-refractivity contribution in [3.8, 4) is 0 Å². The van der Waals surface area contributed by atoms with Crippen LogP contribution in [0.4, 0.5) is 0 Å². The van der Waals surface area contributed by atoms with E-state index in [1.807, 2.05) is 0 Å². The molecule has 0 aliphatic heterocycles. The highest BCUT2D eigenvalue weighted by Gasteiger charge is 2.33. The highest BCUT2D eigenvalue weighted by atomic mass is 15.2. The molecule has 2 fully saturated rings. The zero-order valence-electron chi connectivity index (χ0n) is 11.3. The molecule has 0 bridgehead atoms. The molecule has 0 radical (unpaired) electrons. The second-order valence-electron chi connectivity index (χ2n) is 5.79. The number of hydrogen-bond acceptors (Lipinski definition) is 1. The summed E-state index contributed by atoms with van der Waals surface area (Å²) in [7, 11) is 2.33. The van der Waals surface area contributed by atoms with Gasteiger partial charge in [-0.25, -0.2) is 0 Å². The van der Waals surface area contributed by atoms with E-state index in [1.54, 1.807) is 5.57 Å². The van der Waals surface area contributed by atoms with Gasteiger partial charge in [-0.1, -0.05) is 48.4 Å². The molecule has 1 atom stereocenters. The highest BCUT2D eigenvalue weighted by molar-refractivity contribution is 5.54. The topological polar surface area (TPSA) is 3.24 Å². The van der Waals surface area contributed by atoms with E-state index in [9.17, 15) is 0 Å². The Kier molecular flexibility index (Phi) is 3.51. The highest BCUT2D eigenvalue weighted by Crippen LogP contribution is 2.35. The van der Waals surface area contributed by atoms with Crippen molar-refractivity contribution >= 4 is 6.08 Å². The zero-order valence-corrected chi connectivity index (χ0v) is 11.3. The second kappa shape index (κ2) is 5.27. The third kappa shape index (κ3) is 2.67. The van der Waals surface area contributed by atoms with Crippen molar-refractivity contribution < 1.29 is 0 Å². The molecule has 2 saturated carbocycles. The van der Waals surface area contributed by atoms with Crippen LogP contribution in [-0.4, -0.2) is 24.0 Å². The quantitative estimate of drug-likeness (QED) is 0.770. The molecule has 0 N–H and O–H groups in total. The van der Waals surface area contributed by atoms with Gasteiger partial charge in [-0.15, -0.1) is 0 Å². The maximum absolute atomic E-state index is 2.63. The molecule has 0 spiro atoms. The van der Waals surface area contributed by atoms with Crippen LogP contribution < -0.4 is 0 Å². The Morgan fingerprint density at radius 3 is 2.56 bits per heavy atom. The molecule has 0 aromatic heterocycles. The maximum Gasteiger partial charge on any atom is 0.0310 e. The number of rotatable bonds is 3. The van der Waals surface area contributed by atoms with Crippen LogP contribution in [0.25, 0.3) is 6.08 Å². The van der Waals surface area contributed by atoms with Crippen LogP contribution in [0.5, 0.6) is 0 Å². The van der Waals surface area contributed by atoms with Crippen molar-refractivity contribution in [1.29, 1.82) is 0 Å². The summed E-state index contributed by atoms with van der Waals surface area (Å²) in [5, 5.41) is 0. The van der Waals surface area contributed by atoms with Gasteiger partial charge in [-0.2, -0.15) is 0 Å². The fourth-order valence-corrected chi connectivity index (χ4v) is 3.15. The SMILES string of the molecule is CN(C1CC1)C1CCCC/C1=C/c1ccccc1. The summed E-state index contributed by atoms with van der Waals surface area (Å²) in [6.07, 6.45) is 10.7. The summed E-state index contributed by atoms with van der Waals surface area (Å²) in [4.78, 5) is 2.63. The standard InChI is InChI=1S/C17H23N/c1-18(16-11-12-16)17-10-6-5-9-15(17)13-14-7-3-2-4-8-14/h2-4,7-8,13,16-17H,5-6,9-12H2,1H3/b15-13-. The van der Waals surface area contributed by atoms with Crippen LogP contribution in [0, 0.1) is 0 Å². The summed E-state index contributed by atoms with van der Waals surface area (Å²) >= 11 is 0. The Labute approximate surface area is 111 Å². The number of likely N-dealkylation sites (N-methyl/N-ethyl adjacent to an activating group) is 1. The fourth-order valence-electron chi connectivity index (χ4n) is 3.15. The monoisotopic (exact) mass is 241 g/mol. The van der Waals surface area contributed by atoms with E-state index >= 15 is 0 Å². The van der Waals surface area contributed by atoms with Crippen molar-refractivity contribution in [2.24, 2.45) is 0 Å². The molecule has 0 amide bonds. The minimum absolute atomic E-state index is 0.700. The van der Waals surface area contributed by atoms with Crippen LogP contribution >= 0.6 is 0 Å². The fraction of sp³-hybridized carbons (Fsp3) is 0.529. The Hall–Kier alpha value is -1.08. The van der Waals surface area contributed by atoms with Crippen LogP contribution in [0.15, 0.2) is 35.9 Å². The van der Waals surface area contributed by atoms with Gasteiger partial charge in [0.1, 0.15) is 0 Å². The number of hydrogen-bond donors (Lipinski definition) is 0. The van der Waals surface area contributed by atoms with Crippen LogP contribution in [-0.2, 0) is 0 Å².